The molecule has 1 aliphatic rings. The summed E-state index contributed by atoms with van der Waals surface area (Å²) in [6.07, 6.45) is -4.56. The number of carbonyl (C=O) groups is 4. The van der Waals surface area contributed by atoms with Gasteiger partial charge in [-0.2, -0.15) is 0 Å². The first-order valence-corrected chi connectivity index (χ1v) is 12.1. The van der Waals surface area contributed by atoms with Crippen LogP contribution < -0.4 is 9.47 Å². The number of aromatic nitrogens is 1. The quantitative estimate of drug-likeness (QED) is 0.318. The van der Waals surface area contributed by atoms with Gasteiger partial charge < -0.3 is 33.2 Å². The minimum Gasteiger partial charge on any atom is -0.497 e. The van der Waals surface area contributed by atoms with Crippen LogP contribution in [-0.4, -0.2) is 73.3 Å². The summed E-state index contributed by atoms with van der Waals surface area (Å²) in [6, 6.07) is 11.0. The van der Waals surface area contributed by atoms with Crippen molar-refractivity contribution in [2.75, 3.05) is 13.7 Å². The number of esters is 4. The number of hydrogen-bond donors (Lipinski definition) is 0. The number of rotatable bonds is 10. The number of nitrogens with zero attached hydrogens (tertiary/aromatic N) is 1. The van der Waals surface area contributed by atoms with Crippen LogP contribution >= 0.6 is 0 Å². The van der Waals surface area contributed by atoms with E-state index < -0.39 is 54.6 Å². The van der Waals surface area contributed by atoms with Crippen LogP contribution in [0.5, 0.6) is 11.6 Å². The highest BCUT2D eigenvalue weighted by Gasteiger charge is 2.53. The highest BCUT2D eigenvalue weighted by molar-refractivity contribution is 5.68. The first-order valence-electron chi connectivity index (χ1n) is 12.1. The molecule has 2 aromatic rings. The second-order valence-corrected chi connectivity index (χ2v) is 8.68. The molecule has 1 fully saturated rings. The second-order valence-electron chi connectivity index (χ2n) is 8.68. The van der Waals surface area contributed by atoms with Gasteiger partial charge in [0.05, 0.1) is 7.11 Å². The molecule has 0 radical (unpaired) electrons. The van der Waals surface area contributed by atoms with E-state index in [9.17, 15) is 19.2 Å². The molecule has 39 heavy (non-hydrogen) atoms. The lowest BCUT2D eigenvalue weighted by Gasteiger charge is -2.43. The average molecular weight is 546 g/mol. The predicted octanol–water partition coefficient (Wildman–Crippen LogP) is 2.14. The zero-order valence-corrected chi connectivity index (χ0v) is 22.3. The Morgan fingerprint density at radius 1 is 0.821 bits per heavy atom. The van der Waals surface area contributed by atoms with Crippen molar-refractivity contribution >= 4 is 23.9 Å². The van der Waals surface area contributed by atoms with Crippen molar-refractivity contribution in [2.45, 2.75) is 64.8 Å². The Balaban J connectivity index is 1.97. The summed E-state index contributed by atoms with van der Waals surface area (Å²) >= 11 is 0. The monoisotopic (exact) mass is 545 g/mol. The lowest BCUT2D eigenvalue weighted by molar-refractivity contribution is -0.289. The molecule has 1 aliphatic heterocycles. The van der Waals surface area contributed by atoms with Gasteiger partial charge in [-0.3, -0.25) is 19.2 Å². The maximum absolute atomic E-state index is 12.1. The van der Waals surface area contributed by atoms with E-state index in [2.05, 4.69) is 4.98 Å². The zero-order chi connectivity index (χ0) is 28.5. The van der Waals surface area contributed by atoms with E-state index in [0.29, 0.717) is 17.7 Å². The fraction of sp³-hybridized carbons (Fsp3) is 0.444. The van der Waals surface area contributed by atoms with E-state index in [0.717, 1.165) is 26.3 Å². The molecule has 5 atom stereocenters. The van der Waals surface area contributed by atoms with E-state index >= 15 is 0 Å². The Kier molecular flexibility index (Phi) is 10.2. The summed E-state index contributed by atoms with van der Waals surface area (Å²) in [6.45, 7) is 4.29. The van der Waals surface area contributed by atoms with Gasteiger partial charge in [0.25, 0.3) is 0 Å². The standard InChI is InChI=1S/C27H31NO11/c1-15(29)34-14-22-23(35-16(2)30)24(36-17(3)31)25(37-18(4)32)27(38-22)39-26-20(7-6-12-28-26)13-19-8-10-21(33-5)11-9-19/h6-12,22-25,27H,13-14H2,1-5H3/t22-,23-,24+,25-,27+/m1/s1. The normalized spacial score (nSPS) is 22.2. The maximum atomic E-state index is 12.1. The average Bonchev–Trinajstić information content (AvgIpc) is 2.87. The first-order chi connectivity index (χ1) is 18.6. The van der Waals surface area contributed by atoms with Crippen LogP contribution in [0.2, 0.25) is 0 Å². The maximum Gasteiger partial charge on any atom is 0.303 e. The third-order valence-electron chi connectivity index (χ3n) is 5.58. The minimum absolute atomic E-state index is 0.161. The fourth-order valence-electron chi connectivity index (χ4n) is 4.02. The molecule has 2 heterocycles. The van der Waals surface area contributed by atoms with Gasteiger partial charge >= 0.3 is 23.9 Å². The van der Waals surface area contributed by atoms with Gasteiger partial charge in [-0.05, 0) is 23.8 Å². The highest BCUT2D eigenvalue weighted by atomic mass is 16.7. The fourth-order valence-corrected chi connectivity index (χ4v) is 4.02. The lowest BCUT2D eigenvalue weighted by atomic mass is 9.98. The van der Waals surface area contributed by atoms with Gasteiger partial charge in [0.15, 0.2) is 12.2 Å². The molecule has 3 rings (SSSR count). The van der Waals surface area contributed by atoms with Crippen molar-refractivity contribution in [1.82, 2.24) is 4.98 Å². The molecule has 0 N–H and O–H groups in total. The van der Waals surface area contributed by atoms with Crippen LogP contribution in [0, 0.1) is 0 Å². The summed E-state index contributed by atoms with van der Waals surface area (Å²) in [5.74, 6) is -1.93. The lowest BCUT2D eigenvalue weighted by Crippen LogP contribution is -2.63. The van der Waals surface area contributed by atoms with E-state index in [1.807, 2.05) is 24.3 Å². The summed E-state index contributed by atoms with van der Waals surface area (Å²) in [5.41, 5.74) is 1.62. The first kappa shape index (κ1) is 29.4. The van der Waals surface area contributed by atoms with Crippen molar-refractivity contribution in [3.63, 3.8) is 0 Å². The molecule has 1 aromatic heterocycles. The highest BCUT2D eigenvalue weighted by Crippen LogP contribution is 2.32. The van der Waals surface area contributed by atoms with Gasteiger partial charge in [-0.15, -0.1) is 0 Å². The number of ether oxygens (including phenoxy) is 7. The smallest absolute Gasteiger partial charge is 0.303 e. The predicted molar refractivity (Wildman–Crippen MR) is 133 cm³/mol. The van der Waals surface area contributed by atoms with Crippen LogP contribution in [0.25, 0.3) is 0 Å². The van der Waals surface area contributed by atoms with Crippen molar-refractivity contribution in [3.05, 3.63) is 53.7 Å². The Hall–Kier alpha value is -4.19. The molecular weight excluding hydrogens is 514 g/mol. The molecule has 0 unspecified atom stereocenters. The number of benzene rings is 1. The third-order valence-corrected chi connectivity index (χ3v) is 5.58. The molecule has 0 spiro atoms. The molecule has 0 bridgehead atoms. The molecule has 12 heteroatoms. The van der Waals surface area contributed by atoms with Crippen molar-refractivity contribution < 1.29 is 52.3 Å². The van der Waals surface area contributed by atoms with Crippen LogP contribution in [0.3, 0.4) is 0 Å². The van der Waals surface area contributed by atoms with Crippen molar-refractivity contribution in [1.29, 1.82) is 0 Å². The van der Waals surface area contributed by atoms with Gasteiger partial charge in [-0.1, -0.05) is 18.2 Å². The Bertz CT molecular complexity index is 1170. The minimum atomic E-state index is -1.38. The summed E-state index contributed by atoms with van der Waals surface area (Å²) in [4.78, 5) is 51.8. The topological polar surface area (TPSA) is 146 Å². The third kappa shape index (κ3) is 8.40. The van der Waals surface area contributed by atoms with E-state index in [4.69, 9.17) is 33.2 Å². The Labute approximate surface area is 225 Å². The number of carbonyl (C=O) groups excluding carboxylic acids is 4. The Morgan fingerprint density at radius 3 is 2.03 bits per heavy atom. The molecule has 1 saturated heterocycles. The van der Waals surface area contributed by atoms with Crippen molar-refractivity contribution in [3.8, 4) is 11.6 Å². The van der Waals surface area contributed by atoms with Crippen LogP contribution in [0.1, 0.15) is 38.8 Å². The van der Waals surface area contributed by atoms with Crippen LogP contribution in [0.4, 0.5) is 0 Å². The van der Waals surface area contributed by atoms with Crippen LogP contribution in [0.15, 0.2) is 42.6 Å². The summed E-state index contributed by atoms with van der Waals surface area (Å²) < 4.78 is 38.7. The summed E-state index contributed by atoms with van der Waals surface area (Å²) in [5, 5.41) is 0. The van der Waals surface area contributed by atoms with E-state index in [1.54, 1.807) is 19.2 Å². The number of pyridine rings is 1. The molecule has 1 aromatic carbocycles. The van der Waals surface area contributed by atoms with Gasteiger partial charge in [0.2, 0.25) is 18.3 Å². The largest absolute Gasteiger partial charge is 0.497 e. The second kappa shape index (κ2) is 13.6. The van der Waals surface area contributed by atoms with Crippen molar-refractivity contribution in [2.24, 2.45) is 0 Å². The molecular formula is C27H31NO11. The molecule has 12 nitrogen and oxygen atoms in total. The number of hydrogen-bond acceptors (Lipinski definition) is 12. The molecule has 0 saturated carbocycles. The van der Waals surface area contributed by atoms with E-state index in [1.165, 1.54) is 13.1 Å². The Morgan fingerprint density at radius 2 is 1.44 bits per heavy atom. The number of methoxy groups -OCH3 is 1. The molecule has 0 amide bonds. The molecule has 210 valence electrons. The van der Waals surface area contributed by atoms with Gasteiger partial charge in [0, 0.05) is 45.9 Å². The van der Waals surface area contributed by atoms with Gasteiger partial charge in [-0.25, -0.2) is 4.98 Å². The van der Waals surface area contributed by atoms with E-state index in [-0.39, 0.29) is 12.5 Å². The van der Waals surface area contributed by atoms with Crippen LogP contribution in [-0.2, 0) is 49.3 Å². The molecule has 0 aliphatic carbocycles. The zero-order valence-electron chi connectivity index (χ0n) is 22.3. The van der Waals surface area contributed by atoms with Gasteiger partial charge in [0.1, 0.15) is 18.5 Å². The summed E-state index contributed by atoms with van der Waals surface area (Å²) in [7, 11) is 1.58. The SMILES string of the molecule is COc1ccc(Cc2cccnc2O[C@@H]2O[C@H](COC(C)=O)[C@@H](OC(C)=O)[C@H](OC(C)=O)[C@H]2OC(C)=O)cc1.